The van der Waals surface area contributed by atoms with Crippen molar-refractivity contribution in [2.24, 2.45) is 5.92 Å². The molecule has 20 heavy (non-hydrogen) atoms. The fourth-order valence-corrected chi connectivity index (χ4v) is 2.90. The van der Waals surface area contributed by atoms with Crippen LogP contribution in [0.1, 0.15) is 36.0 Å². The highest BCUT2D eigenvalue weighted by molar-refractivity contribution is 8.13. The molecular formula is C13H15ClFNO3S. The molecule has 1 N–H and O–H groups in total. The highest BCUT2D eigenvalue weighted by Crippen LogP contribution is 2.28. The van der Waals surface area contributed by atoms with E-state index >= 15 is 0 Å². The Kier molecular flexibility index (Phi) is 4.65. The molecular weight excluding hydrogens is 305 g/mol. The van der Waals surface area contributed by atoms with Gasteiger partial charge in [0.1, 0.15) is 5.82 Å². The summed E-state index contributed by atoms with van der Waals surface area (Å²) in [5.41, 5.74) is -0.0437. The van der Waals surface area contributed by atoms with Crippen molar-refractivity contribution in [2.45, 2.75) is 30.6 Å². The number of hydrogen-bond acceptors (Lipinski definition) is 3. The summed E-state index contributed by atoms with van der Waals surface area (Å²) in [4.78, 5) is 11.4. The number of rotatable bonds is 5. The second kappa shape index (κ2) is 6.10. The minimum atomic E-state index is -4.06. The second-order valence-electron chi connectivity index (χ2n) is 4.95. The summed E-state index contributed by atoms with van der Waals surface area (Å²) < 4.78 is 35.7. The molecule has 7 heteroatoms. The third kappa shape index (κ3) is 3.93. The zero-order valence-electron chi connectivity index (χ0n) is 10.7. The molecule has 1 aliphatic rings. The van der Waals surface area contributed by atoms with Gasteiger partial charge in [0, 0.05) is 22.8 Å². The molecule has 1 aromatic carbocycles. The van der Waals surface area contributed by atoms with Gasteiger partial charge in [0.05, 0.1) is 4.90 Å². The van der Waals surface area contributed by atoms with E-state index in [4.69, 9.17) is 10.7 Å². The van der Waals surface area contributed by atoms with E-state index in [0.717, 1.165) is 24.6 Å². The summed E-state index contributed by atoms with van der Waals surface area (Å²) in [6.45, 7) is 0.503. The average molecular weight is 320 g/mol. The van der Waals surface area contributed by atoms with Crippen molar-refractivity contribution in [1.82, 2.24) is 5.32 Å². The molecule has 1 fully saturated rings. The van der Waals surface area contributed by atoms with Crippen molar-refractivity contribution in [2.75, 3.05) is 6.54 Å². The maximum absolute atomic E-state index is 13.3. The number of amides is 1. The molecule has 4 nitrogen and oxygen atoms in total. The lowest BCUT2D eigenvalue weighted by atomic mass is 9.83. The van der Waals surface area contributed by atoms with Crippen LogP contribution < -0.4 is 5.32 Å². The molecule has 0 aromatic heterocycles. The van der Waals surface area contributed by atoms with E-state index in [1.165, 1.54) is 19.3 Å². The molecule has 2 rings (SSSR count). The van der Waals surface area contributed by atoms with E-state index < -0.39 is 25.7 Å². The van der Waals surface area contributed by atoms with Crippen molar-refractivity contribution in [3.8, 4) is 0 Å². The van der Waals surface area contributed by atoms with Gasteiger partial charge in [-0.2, -0.15) is 0 Å². The number of carbonyl (C=O) groups is 1. The molecule has 0 spiro atoms. The molecule has 110 valence electrons. The van der Waals surface area contributed by atoms with E-state index in [1.54, 1.807) is 0 Å². The topological polar surface area (TPSA) is 63.2 Å². The Morgan fingerprint density at radius 2 is 2.05 bits per heavy atom. The van der Waals surface area contributed by atoms with Gasteiger partial charge in [0.25, 0.3) is 15.0 Å². The summed E-state index contributed by atoms with van der Waals surface area (Å²) in [7, 11) is 1.10. The highest BCUT2D eigenvalue weighted by Gasteiger charge is 2.18. The second-order valence-corrected chi connectivity index (χ2v) is 7.52. The lowest BCUT2D eigenvalue weighted by molar-refractivity contribution is 0.0948. The molecule has 0 atom stereocenters. The van der Waals surface area contributed by atoms with Crippen molar-refractivity contribution in [3.63, 3.8) is 0 Å². The summed E-state index contributed by atoms with van der Waals surface area (Å²) in [5, 5.41) is 2.66. The molecule has 1 amide bonds. The van der Waals surface area contributed by atoms with Crippen LogP contribution in [0, 0.1) is 11.7 Å². The largest absolute Gasteiger partial charge is 0.352 e. The Hall–Kier alpha value is -1.14. The summed E-state index contributed by atoms with van der Waals surface area (Å²) in [6.07, 6.45) is 4.50. The van der Waals surface area contributed by atoms with Crippen LogP contribution in [0.4, 0.5) is 4.39 Å². The van der Waals surface area contributed by atoms with E-state index in [0.29, 0.717) is 12.5 Å². The minimum absolute atomic E-state index is 0.0437. The first-order valence-corrected chi connectivity index (χ1v) is 8.70. The summed E-state index contributed by atoms with van der Waals surface area (Å²) in [5.74, 6) is -0.650. The van der Waals surface area contributed by atoms with E-state index in [9.17, 15) is 17.6 Å². The number of benzene rings is 1. The van der Waals surface area contributed by atoms with Gasteiger partial charge in [-0.05, 0) is 30.5 Å². The van der Waals surface area contributed by atoms with Gasteiger partial charge in [0.15, 0.2) is 0 Å². The average Bonchev–Trinajstić information content (AvgIpc) is 2.30. The normalized spacial score (nSPS) is 15.7. The zero-order chi connectivity index (χ0) is 14.8. The Bertz CT molecular complexity index is 614. The molecule has 0 unspecified atom stereocenters. The van der Waals surface area contributed by atoms with Crippen LogP contribution in [-0.2, 0) is 9.05 Å². The number of nitrogens with one attached hydrogen (secondary N) is 1. The zero-order valence-corrected chi connectivity index (χ0v) is 12.3. The van der Waals surface area contributed by atoms with Crippen LogP contribution >= 0.6 is 10.7 Å². The lowest BCUT2D eigenvalue weighted by Crippen LogP contribution is -2.27. The molecule has 0 aliphatic heterocycles. The number of carbonyl (C=O) groups excluding carboxylic acids is 1. The number of hydrogen-bond donors (Lipinski definition) is 1. The standard InChI is InChI=1S/C13H15ClFNO3S/c14-20(18,19)12-7-10(6-11(15)8-12)13(17)16-5-4-9-2-1-3-9/h6-9H,1-5H2,(H,16,17). The van der Waals surface area contributed by atoms with Crippen LogP contribution in [0.15, 0.2) is 23.1 Å². The van der Waals surface area contributed by atoms with Crippen molar-refractivity contribution in [3.05, 3.63) is 29.6 Å². The van der Waals surface area contributed by atoms with E-state index in [-0.39, 0.29) is 5.56 Å². The molecule has 0 saturated heterocycles. The first-order chi connectivity index (χ1) is 9.36. The van der Waals surface area contributed by atoms with Crippen molar-refractivity contribution in [1.29, 1.82) is 0 Å². The van der Waals surface area contributed by atoms with Gasteiger partial charge in [-0.25, -0.2) is 12.8 Å². The summed E-state index contributed by atoms with van der Waals surface area (Å²) >= 11 is 0. The minimum Gasteiger partial charge on any atom is -0.352 e. The van der Waals surface area contributed by atoms with Crippen LogP contribution in [0.5, 0.6) is 0 Å². The first kappa shape index (κ1) is 15.3. The fraction of sp³-hybridized carbons (Fsp3) is 0.462. The molecule has 1 aromatic rings. The van der Waals surface area contributed by atoms with Gasteiger partial charge in [-0.3, -0.25) is 4.79 Å². The SMILES string of the molecule is O=C(NCCC1CCC1)c1cc(F)cc(S(=O)(=O)Cl)c1. The first-order valence-electron chi connectivity index (χ1n) is 6.40. The smallest absolute Gasteiger partial charge is 0.261 e. The van der Waals surface area contributed by atoms with E-state index in [2.05, 4.69) is 5.32 Å². The number of halogens is 2. The summed E-state index contributed by atoms with van der Waals surface area (Å²) in [6, 6.07) is 2.85. The predicted octanol–water partition coefficient (Wildman–Crippen LogP) is 2.67. The van der Waals surface area contributed by atoms with Crippen LogP contribution in [0.2, 0.25) is 0 Å². The highest BCUT2D eigenvalue weighted by atomic mass is 35.7. The van der Waals surface area contributed by atoms with Crippen molar-refractivity contribution < 1.29 is 17.6 Å². The third-order valence-electron chi connectivity index (χ3n) is 3.48. The van der Waals surface area contributed by atoms with Gasteiger partial charge < -0.3 is 5.32 Å². The lowest BCUT2D eigenvalue weighted by Gasteiger charge is -2.25. The quantitative estimate of drug-likeness (QED) is 0.849. The van der Waals surface area contributed by atoms with Gasteiger partial charge in [-0.15, -0.1) is 0 Å². The van der Waals surface area contributed by atoms with Gasteiger partial charge in [0.2, 0.25) is 0 Å². The van der Waals surface area contributed by atoms with Crippen LogP contribution in [0.25, 0.3) is 0 Å². The third-order valence-corrected chi connectivity index (χ3v) is 4.81. The van der Waals surface area contributed by atoms with Crippen LogP contribution in [-0.4, -0.2) is 20.9 Å². The van der Waals surface area contributed by atoms with Crippen LogP contribution in [0.3, 0.4) is 0 Å². The van der Waals surface area contributed by atoms with Gasteiger partial charge in [-0.1, -0.05) is 19.3 Å². The Morgan fingerprint density at radius 1 is 1.35 bits per heavy atom. The maximum atomic E-state index is 13.3. The Labute approximate surface area is 121 Å². The molecule has 0 radical (unpaired) electrons. The van der Waals surface area contributed by atoms with E-state index in [1.807, 2.05) is 0 Å². The van der Waals surface area contributed by atoms with Gasteiger partial charge >= 0.3 is 0 Å². The predicted molar refractivity (Wildman–Crippen MR) is 73.7 cm³/mol. The Morgan fingerprint density at radius 3 is 2.60 bits per heavy atom. The molecule has 0 bridgehead atoms. The fourth-order valence-electron chi connectivity index (χ4n) is 2.11. The monoisotopic (exact) mass is 319 g/mol. The van der Waals surface area contributed by atoms with Crippen molar-refractivity contribution >= 4 is 25.6 Å². The molecule has 1 aliphatic carbocycles. The molecule has 0 heterocycles. The maximum Gasteiger partial charge on any atom is 0.261 e. The molecule has 1 saturated carbocycles. The Balaban J connectivity index is 2.03.